The molecule has 2 amide bonds. The first-order valence-corrected chi connectivity index (χ1v) is 19.5. The number of rotatable bonds is 14. The highest BCUT2D eigenvalue weighted by Crippen LogP contribution is 2.43. The lowest BCUT2D eigenvalue weighted by Gasteiger charge is -2.49. The third kappa shape index (κ3) is 7.39. The van der Waals surface area contributed by atoms with Crippen molar-refractivity contribution in [1.29, 1.82) is 0 Å². The van der Waals surface area contributed by atoms with E-state index in [0.717, 1.165) is 37.1 Å². The van der Waals surface area contributed by atoms with Gasteiger partial charge in [0.1, 0.15) is 32.6 Å². The van der Waals surface area contributed by atoms with E-state index in [4.69, 9.17) is 0 Å². The summed E-state index contributed by atoms with van der Waals surface area (Å²) in [5.41, 5.74) is 1.39. The van der Waals surface area contributed by atoms with E-state index in [-0.39, 0.29) is 17.1 Å². The molecular formula is C35H27F2N7O5S4. The number of aromatic nitrogens is 3. The number of thioether (sulfide) groups is 2. The van der Waals surface area contributed by atoms with Gasteiger partial charge in [0.2, 0.25) is 0 Å². The van der Waals surface area contributed by atoms with Crippen LogP contribution in [-0.4, -0.2) is 77.6 Å². The number of hydrogen-bond donors (Lipinski definition) is 3. The Labute approximate surface area is 317 Å². The molecule has 3 aromatic carbocycles. The monoisotopic (exact) mass is 791 g/mol. The quantitative estimate of drug-likeness (QED) is 0.0406. The predicted octanol–water partition coefficient (Wildman–Crippen LogP) is 5.87. The van der Waals surface area contributed by atoms with Gasteiger partial charge in [-0.15, -0.1) is 40.0 Å². The predicted molar refractivity (Wildman–Crippen MR) is 199 cm³/mol. The average Bonchev–Trinajstić information content (AvgIpc) is 3.88. The van der Waals surface area contributed by atoms with Crippen molar-refractivity contribution in [3.63, 3.8) is 0 Å². The molecule has 12 nitrogen and oxygen atoms in total. The van der Waals surface area contributed by atoms with Gasteiger partial charge in [-0.2, -0.15) is 8.78 Å². The average molecular weight is 792 g/mol. The number of oxime groups is 1. The van der Waals surface area contributed by atoms with Crippen molar-refractivity contribution in [2.24, 2.45) is 5.16 Å². The molecule has 0 saturated carbocycles. The van der Waals surface area contributed by atoms with Crippen molar-refractivity contribution < 1.29 is 33.1 Å². The van der Waals surface area contributed by atoms with Crippen LogP contribution in [0.3, 0.4) is 0 Å². The summed E-state index contributed by atoms with van der Waals surface area (Å²) in [7, 11) is 0. The number of alkyl halides is 2. The van der Waals surface area contributed by atoms with Gasteiger partial charge in [-0.25, -0.2) is 9.78 Å². The number of nitrogens with one attached hydrogen (secondary N) is 2. The maximum Gasteiger partial charge on any atom is 0.407 e. The Hall–Kier alpha value is -5.17. The number of hydrogen-bond acceptors (Lipinski definition) is 13. The number of benzene rings is 3. The number of carbonyl (C=O) groups excluding carboxylic acids is 2. The molecule has 1 saturated heterocycles. The Morgan fingerprint density at radius 1 is 1.02 bits per heavy atom. The minimum atomic E-state index is -3.34. The van der Waals surface area contributed by atoms with Crippen molar-refractivity contribution in [1.82, 2.24) is 24.8 Å². The zero-order valence-corrected chi connectivity index (χ0v) is 30.4. The number of carboxylic acid groups (broad SMARTS) is 1. The first-order valence-electron chi connectivity index (χ1n) is 15.8. The van der Waals surface area contributed by atoms with E-state index in [9.17, 15) is 28.3 Å². The molecule has 3 N–H and O–H groups in total. The molecule has 2 aliphatic heterocycles. The van der Waals surface area contributed by atoms with E-state index >= 15 is 0 Å². The summed E-state index contributed by atoms with van der Waals surface area (Å²) in [5, 5.41) is 24.4. The van der Waals surface area contributed by atoms with Crippen LogP contribution in [0.2, 0.25) is 0 Å². The fraction of sp³-hybridized carbons (Fsp3) is 0.171. The van der Waals surface area contributed by atoms with Crippen LogP contribution in [-0.2, 0) is 24.8 Å². The van der Waals surface area contributed by atoms with Crippen LogP contribution < -0.4 is 10.6 Å². The Morgan fingerprint density at radius 2 is 1.64 bits per heavy atom. The van der Waals surface area contributed by atoms with Crippen LogP contribution in [0.15, 0.2) is 123 Å². The van der Waals surface area contributed by atoms with Crippen LogP contribution >= 0.6 is 46.4 Å². The van der Waals surface area contributed by atoms with Crippen LogP contribution in [0, 0.1) is 0 Å². The number of fused-ring (bicyclic) bond motifs is 1. The van der Waals surface area contributed by atoms with Crippen molar-refractivity contribution in [3.05, 3.63) is 136 Å². The molecular weight excluding hydrogens is 765 g/mol. The molecule has 270 valence electrons. The summed E-state index contributed by atoms with van der Waals surface area (Å²) in [6.07, 6.45) is 1.57. The lowest BCUT2D eigenvalue weighted by molar-refractivity contribution is -0.150. The Balaban J connectivity index is 1.16. The first kappa shape index (κ1) is 36.2. The van der Waals surface area contributed by atoms with Gasteiger partial charge in [0, 0.05) is 16.9 Å². The van der Waals surface area contributed by atoms with E-state index in [1.165, 1.54) is 40.4 Å². The van der Waals surface area contributed by atoms with Crippen molar-refractivity contribution in [2.75, 3.05) is 16.8 Å². The second kappa shape index (κ2) is 15.8. The number of halogens is 2. The molecule has 4 heterocycles. The summed E-state index contributed by atoms with van der Waals surface area (Å²) in [6.45, 7) is -3.34. The largest absolute Gasteiger partial charge is 0.477 e. The molecule has 5 aromatic rings. The number of amides is 2. The zero-order chi connectivity index (χ0) is 37.0. The Morgan fingerprint density at radius 3 is 2.19 bits per heavy atom. The van der Waals surface area contributed by atoms with Crippen LogP contribution in [0.5, 0.6) is 0 Å². The molecule has 1 fully saturated rings. The fourth-order valence-electron chi connectivity index (χ4n) is 6.06. The van der Waals surface area contributed by atoms with Crippen molar-refractivity contribution in [3.8, 4) is 0 Å². The molecule has 0 spiro atoms. The minimum Gasteiger partial charge on any atom is -0.477 e. The maximum absolute atomic E-state index is 13.7. The topological polar surface area (TPSA) is 159 Å². The molecule has 0 bridgehead atoms. The number of carboxylic acids is 1. The standard InChI is InChI=1S/C35H27F2N7O5S4/c36-33(37)49-42-26(29(45)40-27-30(46)44-28(32(47)48)20(18-51-31(27)44)17-50-25-16-38-43-53-25)24-19-52-34(39-24)41-35(21-10-4-1-5-11-21,22-12-6-2-7-13-22)23-14-8-3-9-15-23/h1-16,19,27,31,33H,17-18H2,(H,39,41)(H,40,45)(H,47,48)/b42-26-. The van der Waals surface area contributed by atoms with Gasteiger partial charge >= 0.3 is 12.6 Å². The molecule has 2 aromatic heterocycles. The lowest BCUT2D eigenvalue weighted by atomic mass is 9.77. The van der Waals surface area contributed by atoms with E-state index in [0.29, 0.717) is 16.5 Å². The molecule has 0 aliphatic carbocycles. The number of carbonyl (C=O) groups is 3. The van der Waals surface area contributed by atoms with Gasteiger partial charge in [0.15, 0.2) is 10.8 Å². The van der Waals surface area contributed by atoms with Gasteiger partial charge < -0.3 is 20.6 Å². The molecule has 2 unspecified atom stereocenters. The number of anilines is 1. The summed E-state index contributed by atoms with van der Waals surface area (Å²) in [5.74, 6) is -2.36. The van der Waals surface area contributed by atoms with Crippen LogP contribution in [0.25, 0.3) is 0 Å². The van der Waals surface area contributed by atoms with Crippen LogP contribution in [0.4, 0.5) is 13.9 Å². The number of aliphatic carboxylic acids is 1. The minimum absolute atomic E-state index is 0.0818. The Kier molecular flexibility index (Phi) is 10.8. The smallest absolute Gasteiger partial charge is 0.407 e. The normalized spacial score (nSPS) is 17.3. The summed E-state index contributed by atoms with van der Waals surface area (Å²) < 4.78 is 31.1. The number of β-lactam (4-membered cyclic amide) rings is 1. The maximum atomic E-state index is 13.7. The van der Waals surface area contributed by atoms with E-state index in [1.807, 2.05) is 91.0 Å². The number of nitrogens with zero attached hydrogens (tertiary/aromatic N) is 5. The molecule has 2 atom stereocenters. The van der Waals surface area contributed by atoms with Crippen molar-refractivity contribution >= 4 is 75.0 Å². The second-order valence-corrected chi connectivity index (χ2v) is 15.5. The van der Waals surface area contributed by atoms with Gasteiger partial charge in [0.25, 0.3) is 11.8 Å². The SMILES string of the molecule is O=C(O)C1=C(CSc2cnns2)CSC2C(NC(=O)/C(=N\OC(F)F)c3csc(NC(c4ccccc4)(c4ccccc4)c4ccccc4)n3)C(=O)N12. The lowest BCUT2D eigenvalue weighted by Crippen LogP contribution is -2.71. The third-order valence-electron chi connectivity index (χ3n) is 8.37. The van der Waals surface area contributed by atoms with Gasteiger partial charge in [-0.05, 0) is 33.8 Å². The summed E-state index contributed by atoms with van der Waals surface area (Å²) >= 11 is 4.92. The molecule has 18 heteroatoms. The molecule has 53 heavy (non-hydrogen) atoms. The highest BCUT2D eigenvalue weighted by atomic mass is 32.2. The first-order chi connectivity index (χ1) is 25.8. The fourth-order valence-corrected chi connectivity index (χ4v) is 9.72. The highest BCUT2D eigenvalue weighted by Gasteiger charge is 2.54. The Bertz CT molecular complexity index is 2060. The molecule has 7 rings (SSSR count). The number of thiazole rings is 1. The van der Waals surface area contributed by atoms with E-state index < -0.39 is 47.1 Å². The summed E-state index contributed by atoms with van der Waals surface area (Å²) in [6, 6.07) is 28.0. The third-order valence-corrected chi connectivity index (χ3v) is 12.4. The molecule has 2 aliphatic rings. The van der Waals surface area contributed by atoms with E-state index in [2.05, 4.69) is 35.2 Å². The van der Waals surface area contributed by atoms with Crippen molar-refractivity contribution in [2.45, 2.75) is 27.8 Å². The van der Waals surface area contributed by atoms with Crippen LogP contribution in [0.1, 0.15) is 22.4 Å². The van der Waals surface area contributed by atoms with Gasteiger partial charge in [-0.3, -0.25) is 14.5 Å². The second-order valence-electron chi connectivity index (χ2n) is 11.5. The summed E-state index contributed by atoms with van der Waals surface area (Å²) in [4.78, 5) is 49.4. The highest BCUT2D eigenvalue weighted by molar-refractivity contribution is 8.01. The zero-order valence-electron chi connectivity index (χ0n) is 27.2. The van der Waals surface area contributed by atoms with Gasteiger partial charge in [-0.1, -0.05) is 101 Å². The van der Waals surface area contributed by atoms with E-state index in [1.54, 1.807) is 6.20 Å². The van der Waals surface area contributed by atoms with Gasteiger partial charge in [0.05, 0.1) is 6.20 Å². The molecule has 0 radical (unpaired) electrons.